The van der Waals surface area contributed by atoms with Gasteiger partial charge in [-0.3, -0.25) is 0 Å². The van der Waals surface area contributed by atoms with Crippen LogP contribution in [0.5, 0.6) is 0 Å². The molecule has 1 heterocycles. The minimum atomic E-state index is -0.715. The van der Waals surface area contributed by atoms with Crippen molar-refractivity contribution in [3.63, 3.8) is 0 Å². The molecule has 90 valence electrons. The number of thiophene rings is 1. The van der Waals surface area contributed by atoms with Crippen LogP contribution in [0.3, 0.4) is 0 Å². The summed E-state index contributed by atoms with van der Waals surface area (Å²) in [6.07, 6.45) is -0.246. The van der Waals surface area contributed by atoms with Gasteiger partial charge >= 0.3 is 0 Å². The van der Waals surface area contributed by atoms with E-state index in [1.54, 1.807) is 17.4 Å². The Labute approximate surface area is 116 Å². The summed E-state index contributed by atoms with van der Waals surface area (Å²) in [7, 11) is 0. The van der Waals surface area contributed by atoms with Crippen LogP contribution in [-0.2, 0) is 6.42 Å². The maximum absolute atomic E-state index is 13.2. The summed E-state index contributed by atoms with van der Waals surface area (Å²) in [6, 6.07) is 6.31. The lowest BCUT2D eigenvalue weighted by atomic mass is 10.1. The fraction of sp³-hybridized carbons (Fsp3) is 0.167. The molecule has 0 radical (unpaired) electrons. The van der Waals surface area contributed by atoms with E-state index in [1.165, 1.54) is 12.1 Å². The Morgan fingerprint density at radius 1 is 1.41 bits per heavy atom. The summed E-state index contributed by atoms with van der Waals surface area (Å²) in [5.41, 5.74) is 0.538. The van der Waals surface area contributed by atoms with Crippen molar-refractivity contribution in [2.75, 3.05) is 0 Å². The number of benzene rings is 1. The zero-order valence-corrected chi connectivity index (χ0v) is 11.8. The number of aliphatic hydroxyl groups excluding tert-OH is 1. The second-order valence-corrected chi connectivity index (χ2v) is 5.94. The summed E-state index contributed by atoms with van der Waals surface area (Å²) >= 11 is 10.5. The molecule has 0 amide bonds. The first-order chi connectivity index (χ1) is 8.06. The Morgan fingerprint density at radius 2 is 2.18 bits per heavy atom. The van der Waals surface area contributed by atoms with Crippen LogP contribution >= 0.6 is 38.9 Å². The molecule has 0 saturated carbocycles. The number of hydrogen-bond donors (Lipinski definition) is 1. The van der Waals surface area contributed by atoms with Crippen LogP contribution in [0.2, 0.25) is 5.02 Å². The van der Waals surface area contributed by atoms with Crippen molar-refractivity contribution in [1.29, 1.82) is 0 Å². The molecule has 1 aromatic carbocycles. The molecule has 1 aromatic heterocycles. The first-order valence-corrected chi connectivity index (χ1v) is 6.97. The quantitative estimate of drug-likeness (QED) is 0.870. The molecule has 0 bridgehead atoms. The topological polar surface area (TPSA) is 20.2 Å². The maximum Gasteiger partial charge on any atom is 0.142 e. The molecular formula is C12H9BrClFOS. The normalized spacial score (nSPS) is 12.7. The predicted octanol–water partition coefficient (Wildman–Crippen LogP) is 4.58. The van der Waals surface area contributed by atoms with Gasteiger partial charge in [-0.2, -0.15) is 0 Å². The summed E-state index contributed by atoms with van der Waals surface area (Å²) in [4.78, 5) is 1.04. The lowest BCUT2D eigenvalue weighted by Gasteiger charge is -2.10. The number of halogens is 3. The highest BCUT2D eigenvalue weighted by atomic mass is 79.9. The van der Waals surface area contributed by atoms with Crippen molar-refractivity contribution in [2.24, 2.45) is 0 Å². The van der Waals surface area contributed by atoms with E-state index in [2.05, 4.69) is 15.9 Å². The lowest BCUT2D eigenvalue weighted by Crippen LogP contribution is -2.01. The Hall–Kier alpha value is -0.420. The van der Waals surface area contributed by atoms with Gasteiger partial charge in [-0.15, -0.1) is 11.3 Å². The monoisotopic (exact) mass is 334 g/mol. The third kappa shape index (κ3) is 3.28. The fourth-order valence-corrected chi connectivity index (χ4v) is 3.10. The summed E-state index contributed by atoms with van der Waals surface area (Å²) in [5.74, 6) is -0.504. The highest BCUT2D eigenvalue weighted by Gasteiger charge is 2.12. The van der Waals surface area contributed by atoms with Crippen LogP contribution in [0.1, 0.15) is 16.5 Å². The van der Waals surface area contributed by atoms with E-state index in [0.29, 0.717) is 12.0 Å². The average Bonchev–Trinajstić information content (AvgIpc) is 2.68. The van der Waals surface area contributed by atoms with Gasteiger partial charge in [-0.25, -0.2) is 4.39 Å². The number of rotatable bonds is 3. The van der Waals surface area contributed by atoms with Gasteiger partial charge in [-0.05, 0) is 39.7 Å². The maximum atomic E-state index is 13.2. The molecule has 1 nitrogen and oxygen atoms in total. The molecule has 17 heavy (non-hydrogen) atoms. The van der Waals surface area contributed by atoms with E-state index in [-0.39, 0.29) is 5.02 Å². The molecule has 0 aliphatic carbocycles. The van der Waals surface area contributed by atoms with Gasteiger partial charge < -0.3 is 5.11 Å². The van der Waals surface area contributed by atoms with Crippen LogP contribution in [0.25, 0.3) is 0 Å². The Balaban J connectivity index is 2.14. The van der Waals surface area contributed by atoms with Crippen LogP contribution in [0.15, 0.2) is 34.1 Å². The molecule has 5 heteroatoms. The van der Waals surface area contributed by atoms with Gasteiger partial charge in [0.1, 0.15) is 5.82 Å². The molecule has 0 aliphatic heterocycles. The average molecular weight is 336 g/mol. The lowest BCUT2D eigenvalue weighted by molar-refractivity contribution is 0.179. The van der Waals surface area contributed by atoms with Crippen molar-refractivity contribution in [1.82, 2.24) is 0 Å². The third-order valence-electron chi connectivity index (χ3n) is 2.34. The zero-order valence-electron chi connectivity index (χ0n) is 8.66. The van der Waals surface area contributed by atoms with Gasteiger partial charge in [0.05, 0.1) is 11.1 Å². The second-order valence-electron chi connectivity index (χ2n) is 3.62. The minimum Gasteiger partial charge on any atom is -0.388 e. The third-order valence-corrected chi connectivity index (χ3v) is 4.37. The molecule has 1 unspecified atom stereocenters. The number of aliphatic hydroxyl groups is 1. The van der Waals surface area contributed by atoms with E-state index in [0.717, 1.165) is 9.35 Å². The van der Waals surface area contributed by atoms with E-state index in [4.69, 9.17) is 11.6 Å². The highest BCUT2D eigenvalue weighted by molar-refractivity contribution is 9.10. The summed E-state index contributed by atoms with van der Waals surface area (Å²) in [6.45, 7) is 0. The van der Waals surface area contributed by atoms with Crippen LogP contribution < -0.4 is 0 Å². The smallest absolute Gasteiger partial charge is 0.142 e. The van der Waals surface area contributed by atoms with Crippen molar-refractivity contribution >= 4 is 38.9 Å². The first kappa shape index (κ1) is 13.0. The van der Waals surface area contributed by atoms with Gasteiger partial charge in [0, 0.05) is 21.2 Å². The molecule has 0 spiro atoms. The second kappa shape index (κ2) is 5.48. The van der Waals surface area contributed by atoms with E-state index in [1.807, 2.05) is 11.4 Å². The van der Waals surface area contributed by atoms with Crippen molar-refractivity contribution < 1.29 is 9.50 Å². The predicted molar refractivity (Wildman–Crippen MR) is 72.1 cm³/mol. The van der Waals surface area contributed by atoms with Gasteiger partial charge in [-0.1, -0.05) is 17.7 Å². The zero-order chi connectivity index (χ0) is 12.4. The largest absolute Gasteiger partial charge is 0.388 e. The van der Waals surface area contributed by atoms with E-state index < -0.39 is 11.9 Å². The first-order valence-electron chi connectivity index (χ1n) is 4.92. The molecule has 2 rings (SSSR count). The molecule has 0 fully saturated rings. The standard InChI is InChI=1S/C12H9BrClFOS/c13-8-4-9(17-6-8)5-12(16)7-1-2-10(14)11(15)3-7/h1-4,6,12,16H,5H2. The van der Waals surface area contributed by atoms with Crippen LogP contribution in [-0.4, -0.2) is 5.11 Å². The molecule has 2 aromatic rings. The van der Waals surface area contributed by atoms with Gasteiger partial charge in [0.2, 0.25) is 0 Å². The number of hydrogen-bond acceptors (Lipinski definition) is 2. The Bertz CT molecular complexity index is 529. The molecule has 0 aliphatic rings. The highest BCUT2D eigenvalue weighted by Crippen LogP contribution is 2.27. The molecule has 1 N–H and O–H groups in total. The summed E-state index contributed by atoms with van der Waals surface area (Å²) < 4.78 is 14.2. The fourth-order valence-electron chi connectivity index (χ4n) is 1.49. The van der Waals surface area contributed by atoms with Gasteiger partial charge in [0.25, 0.3) is 0 Å². The minimum absolute atomic E-state index is 0.0693. The van der Waals surface area contributed by atoms with E-state index in [9.17, 15) is 9.50 Å². The summed E-state index contributed by atoms with van der Waals surface area (Å²) in [5, 5.41) is 12.0. The van der Waals surface area contributed by atoms with Crippen molar-refractivity contribution in [3.05, 3.63) is 55.4 Å². The van der Waals surface area contributed by atoms with Crippen LogP contribution in [0, 0.1) is 5.82 Å². The Kier molecular flexibility index (Phi) is 4.20. The van der Waals surface area contributed by atoms with Gasteiger partial charge in [0.15, 0.2) is 0 Å². The SMILES string of the molecule is OC(Cc1cc(Br)cs1)c1ccc(Cl)c(F)c1. The Morgan fingerprint density at radius 3 is 2.76 bits per heavy atom. The molecular weight excluding hydrogens is 327 g/mol. The molecule has 0 saturated heterocycles. The van der Waals surface area contributed by atoms with Crippen molar-refractivity contribution in [3.8, 4) is 0 Å². The van der Waals surface area contributed by atoms with Crippen molar-refractivity contribution in [2.45, 2.75) is 12.5 Å². The molecule has 1 atom stereocenters. The van der Waals surface area contributed by atoms with Crippen LogP contribution in [0.4, 0.5) is 4.39 Å². The van der Waals surface area contributed by atoms with E-state index >= 15 is 0 Å².